The molecule has 0 bridgehead atoms. The van der Waals surface area contributed by atoms with Crippen LogP contribution in [0.5, 0.6) is 0 Å². The van der Waals surface area contributed by atoms with Crippen LogP contribution in [0.3, 0.4) is 0 Å². The van der Waals surface area contributed by atoms with Gasteiger partial charge in [-0.05, 0) is 37.2 Å². The largest absolute Gasteiger partial charge is 0.330 e. The predicted molar refractivity (Wildman–Crippen MR) is 59.3 cm³/mol. The Kier molecular flexibility index (Phi) is 2.96. The van der Waals surface area contributed by atoms with E-state index in [-0.39, 0.29) is 5.82 Å². The van der Waals surface area contributed by atoms with Crippen molar-refractivity contribution in [3.05, 3.63) is 35.4 Å². The number of aromatic amines is 1. The van der Waals surface area contributed by atoms with Crippen molar-refractivity contribution in [1.82, 2.24) is 15.2 Å². The Morgan fingerprint density at radius 2 is 2.25 bits per heavy atom. The lowest BCUT2D eigenvalue weighted by Crippen LogP contribution is -2.03. The van der Waals surface area contributed by atoms with Crippen molar-refractivity contribution in [3.63, 3.8) is 0 Å². The maximum atomic E-state index is 12.9. The monoisotopic (exact) mass is 220 g/mol. The van der Waals surface area contributed by atoms with E-state index in [9.17, 15) is 4.39 Å². The van der Waals surface area contributed by atoms with E-state index in [2.05, 4.69) is 15.2 Å². The number of aryl methyl sites for hydroxylation is 1. The van der Waals surface area contributed by atoms with Crippen LogP contribution in [-0.2, 0) is 6.42 Å². The minimum absolute atomic E-state index is 0.251. The highest BCUT2D eigenvalue weighted by Crippen LogP contribution is 2.20. The number of benzene rings is 1. The first-order chi connectivity index (χ1) is 7.70. The fourth-order valence-electron chi connectivity index (χ4n) is 1.54. The van der Waals surface area contributed by atoms with Crippen LogP contribution in [0.4, 0.5) is 4.39 Å². The number of H-pyrrole nitrogens is 1. The standard InChI is InChI=1S/C11H13FN4/c1-7-6-8(12)2-3-9(7)11-14-10(4-5-13)15-16-11/h2-3,6H,4-5,13H2,1H3,(H,14,15,16). The van der Waals surface area contributed by atoms with Gasteiger partial charge in [-0.15, -0.1) is 0 Å². The molecular weight excluding hydrogens is 207 g/mol. The Labute approximate surface area is 92.7 Å². The third-order valence-electron chi connectivity index (χ3n) is 2.34. The molecule has 0 spiro atoms. The van der Waals surface area contributed by atoms with Crippen molar-refractivity contribution < 1.29 is 4.39 Å². The molecule has 84 valence electrons. The maximum absolute atomic E-state index is 12.9. The van der Waals surface area contributed by atoms with Crippen LogP contribution in [0, 0.1) is 12.7 Å². The molecular formula is C11H13FN4. The third-order valence-corrected chi connectivity index (χ3v) is 2.34. The zero-order valence-electron chi connectivity index (χ0n) is 9.00. The maximum Gasteiger partial charge on any atom is 0.181 e. The van der Waals surface area contributed by atoms with E-state index >= 15 is 0 Å². The third kappa shape index (κ3) is 2.09. The van der Waals surface area contributed by atoms with Gasteiger partial charge in [0.1, 0.15) is 11.6 Å². The molecule has 0 aliphatic carbocycles. The average molecular weight is 220 g/mol. The molecule has 0 fully saturated rings. The van der Waals surface area contributed by atoms with Crippen molar-refractivity contribution in [1.29, 1.82) is 0 Å². The quantitative estimate of drug-likeness (QED) is 0.822. The van der Waals surface area contributed by atoms with Crippen LogP contribution in [0.2, 0.25) is 0 Å². The number of halogens is 1. The fraction of sp³-hybridized carbons (Fsp3) is 0.273. The van der Waals surface area contributed by atoms with Gasteiger partial charge in [-0.2, -0.15) is 5.10 Å². The fourth-order valence-corrected chi connectivity index (χ4v) is 1.54. The van der Waals surface area contributed by atoms with Crippen molar-refractivity contribution in [2.24, 2.45) is 5.73 Å². The molecule has 0 saturated carbocycles. The first-order valence-corrected chi connectivity index (χ1v) is 5.08. The summed E-state index contributed by atoms with van der Waals surface area (Å²) in [5.41, 5.74) is 7.07. The number of aromatic nitrogens is 3. The molecule has 0 atom stereocenters. The summed E-state index contributed by atoms with van der Waals surface area (Å²) in [6.45, 7) is 2.36. The van der Waals surface area contributed by atoms with Crippen LogP contribution in [-0.4, -0.2) is 21.7 Å². The zero-order valence-corrected chi connectivity index (χ0v) is 9.00. The second-order valence-corrected chi connectivity index (χ2v) is 3.60. The molecule has 0 aliphatic heterocycles. The molecule has 1 heterocycles. The lowest BCUT2D eigenvalue weighted by molar-refractivity contribution is 0.627. The van der Waals surface area contributed by atoms with Gasteiger partial charge in [0.05, 0.1) is 0 Å². The van der Waals surface area contributed by atoms with Gasteiger partial charge in [-0.1, -0.05) is 0 Å². The Morgan fingerprint density at radius 1 is 1.44 bits per heavy atom. The summed E-state index contributed by atoms with van der Waals surface area (Å²) in [7, 11) is 0. The lowest BCUT2D eigenvalue weighted by atomic mass is 10.1. The summed E-state index contributed by atoms with van der Waals surface area (Å²) < 4.78 is 12.9. The molecule has 0 radical (unpaired) electrons. The van der Waals surface area contributed by atoms with E-state index in [1.54, 1.807) is 6.07 Å². The van der Waals surface area contributed by atoms with Gasteiger partial charge in [0.25, 0.3) is 0 Å². The number of nitrogens with zero attached hydrogens (tertiary/aromatic N) is 2. The molecule has 2 aromatic rings. The van der Waals surface area contributed by atoms with Crippen molar-refractivity contribution in [2.45, 2.75) is 13.3 Å². The van der Waals surface area contributed by atoms with Gasteiger partial charge < -0.3 is 5.73 Å². The normalized spacial score (nSPS) is 10.7. The molecule has 2 rings (SSSR count). The van der Waals surface area contributed by atoms with E-state index in [0.29, 0.717) is 18.8 Å². The molecule has 0 saturated heterocycles. The number of hydrogen-bond donors (Lipinski definition) is 2. The van der Waals surface area contributed by atoms with Gasteiger partial charge in [0.15, 0.2) is 5.82 Å². The van der Waals surface area contributed by atoms with E-state index in [0.717, 1.165) is 17.0 Å². The summed E-state index contributed by atoms with van der Waals surface area (Å²) in [5.74, 6) is 1.08. The Bertz CT molecular complexity index is 492. The topological polar surface area (TPSA) is 67.6 Å². The number of nitrogens with one attached hydrogen (secondary N) is 1. The first kappa shape index (κ1) is 10.8. The first-order valence-electron chi connectivity index (χ1n) is 5.08. The van der Waals surface area contributed by atoms with Gasteiger partial charge in [-0.3, -0.25) is 5.10 Å². The SMILES string of the molecule is Cc1cc(F)ccc1-c1n[nH]c(CCN)n1. The van der Waals surface area contributed by atoms with Crippen molar-refractivity contribution in [2.75, 3.05) is 6.54 Å². The predicted octanol–water partition coefficient (Wildman–Crippen LogP) is 1.42. The van der Waals surface area contributed by atoms with Crippen LogP contribution >= 0.6 is 0 Å². The Balaban J connectivity index is 2.35. The van der Waals surface area contributed by atoms with E-state index in [1.165, 1.54) is 12.1 Å². The van der Waals surface area contributed by atoms with Crippen molar-refractivity contribution in [3.8, 4) is 11.4 Å². The van der Waals surface area contributed by atoms with Gasteiger partial charge in [0.2, 0.25) is 0 Å². The minimum atomic E-state index is -0.251. The van der Waals surface area contributed by atoms with Gasteiger partial charge in [-0.25, -0.2) is 9.37 Å². The van der Waals surface area contributed by atoms with Crippen LogP contribution in [0.25, 0.3) is 11.4 Å². The minimum Gasteiger partial charge on any atom is -0.330 e. The van der Waals surface area contributed by atoms with Crippen molar-refractivity contribution >= 4 is 0 Å². The molecule has 16 heavy (non-hydrogen) atoms. The number of nitrogens with two attached hydrogens (primary N) is 1. The summed E-state index contributed by atoms with van der Waals surface area (Å²) in [6, 6.07) is 4.55. The highest BCUT2D eigenvalue weighted by atomic mass is 19.1. The molecule has 3 N–H and O–H groups in total. The second-order valence-electron chi connectivity index (χ2n) is 3.60. The zero-order chi connectivity index (χ0) is 11.5. The highest BCUT2D eigenvalue weighted by Gasteiger charge is 2.08. The number of hydrogen-bond acceptors (Lipinski definition) is 3. The molecule has 0 amide bonds. The van der Waals surface area contributed by atoms with Crippen LogP contribution in [0.1, 0.15) is 11.4 Å². The number of rotatable bonds is 3. The van der Waals surface area contributed by atoms with Crippen LogP contribution in [0.15, 0.2) is 18.2 Å². The highest BCUT2D eigenvalue weighted by molar-refractivity contribution is 5.59. The smallest absolute Gasteiger partial charge is 0.181 e. The second kappa shape index (κ2) is 4.40. The average Bonchev–Trinajstić information content (AvgIpc) is 2.67. The summed E-state index contributed by atoms with van der Waals surface area (Å²) in [6.07, 6.45) is 0.660. The van der Waals surface area contributed by atoms with Gasteiger partial charge >= 0.3 is 0 Å². The molecule has 4 nitrogen and oxygen atoms in total. The molecule has 1 aromatic heterocycles. The molecule has 0 unspecified atom stereocenters. The Morgan fingerprint density at radius 3 is 2.94 bits per heavy atom. The summed E-state index contributed by atoms with van der Waals surface area (Å²) in [5, 5.41) is 6.89. The van der Waals surface area contributed by atoms with Crippen LogP contribution < -0.4 is 5.73 Å². The summed E-state index contributed by atoms with van der Waals surface area (Å²) in [4.78, 5) is 4.29. The lowest BCUT2D eigenvalue weighted by Gasteiger charge is -2.00. The molecule has 0 aliphatic rings. The Hall–Kier alpha value is -1.75. The summed E-state index contributed by atoms with van der Waals surface area (Å²) >= 11 is 0. The molecule has 1 aromatic carbocycles. The van der Waals surface area contributed by atoms with Gasteiger partial charge in [0, 0.05) is 12.0 Å². The van der Waals surface area contributed by atoms with E-state index in [1.807, 2.05) is 6.92 Å². The molecule has 5 heteroatoms. The van der Waals surface area contributed by atoms with E-state index in [4.69, 9.17) is 5.73 Å². The van der Waals surface area contributed by atoms with E-state index < -0.39 is 0 Å².